The molecular weight excluding hydrogens is 334 g/mol. The van der Waals surface area contributed by atoms with Crippen LogP contribution in [0.2, 0.25) is 0 Å². The van der Waals surface area contributed by atoms with E-state index in [1.807, 2.05) is 6.07 Å². The fourth-order valence-corrected chi connectivity index (χ4v) is 4.54. The van der Waals surface area contributed by atoms with Crippen molar-refractivity contribution in [3.05, 3.63) is 46.5 Å². The van der Waals surface area contributed by atoms with Crippen LogP contribution in [0.15, 0.2) is 24.3 Å². The minimum atomic E-state index is -0.0418. The smallest absolute Gasteiger partial charge is 0.231 e. The van der Waals surface area contributed by atoms with Crippen molar-refractivity contribution in [1.29, 1.82) is 0 Å². The van der Waals surface area contributed by atoms with Crippen LogP contribution in [-0.2, 0) is 17.8 Å². The van der Waals surface area contributed by atoms with Crippen LogP contribution in [0.1, 0.15) is 34.4 Å². The number of ether oxygens (including phenoxy) is 5. The van der Waals surface area contributed by atoms with Gasteiger partial charge in [0.15, 0.2) is 23.0 Å². The van der Waals surface area contributed by atoms with Crippen LogP contribution in [0.4, 0.5) is 0 Å². The Morgan fingerprint density at radius 1 is 0.923 bits per heavy atom. The summed E-state index contributed by atoms with van der Waals surface area (Å²) < 4.78 is 28.8. The maximum absolute atomic E-state index is 6.40. The lowest BCUT2D eigenvalue weighted by molar-refractivity contribution is -0.0338. The summed E-state index contributed by atoms with van der Waals surface area (Å²) in [5, 5.41) is 0. The van der Waals surface area contributed by atoms with Gasteiger partial charge in [-0.1, -0.05) is 6.07 Å². The number of likely N-dealkylation sites (N-methyl/N-ethyl adjacent to an activating group) is 1. The number of nitrogens with zero attached hydrogens (tertiary/aromatic N) is 1. The highest BCUT2D eigenvalue weighted by atomic mass is 16.7. The summed E-state index contributed by atoms with van der Waals surface area (Å²) >= 11 is 0. The first-order valence-corrected chi connectivity index (χ1v) is 8.95. The third-order valence-corrected chi connectivity index (χ3v) is 5.84. The molecule has 2 atom stereocenters. The van der Waals surface area contributed by atoms with E-state index in [-0.39, 0.29) is 18.9 Å². The molecule has 26 heavy (non-hydrogen) atoms. The average Bonchev–Trinajstić information content (AvgIpc) is 3.30. The van der Waals surface area contributed by atoms with E-state index in [0.29, 0.717) is 13.4 Å². The maximum Gasteiger partial charge on any atom is 0.231 e. The van der Waals surface area contributed by atoms with Gasteiger partial charge in [-0.3, -0.25) is 4.90 Å². The van der Waals surface area contributed by atoms with Crippen molar-refractivity contribution in [2.24, 2.45) is 0 Å². The third-order valence-electron chi connectivity index (χ3n) is 5.84. The lowest BCUT2D eigenvalue weighted by Crippen LogP contribution is -2.33. The van der Waals surface area contributed by atoms with Crippen LogP contribution in [0.5, 0.6) is 23.0 Å². The number of rotatable bonds is 0. The van der Waals surface area contributed by atoms with Crippen molar-refractivity contribution in [3.63, 3.8) is 0 Å². The van der Waals surface area contributed by atoms with Crippen molar-refractivity contribution in [2.45, 2.75) is 25.2 Å². The molecule has 4 aliphatic heterocycles. The zero-order chi connectivity index (χ0) is 17.3. The molecule has 0 aromatic heterocycles. The Balaban J connectivity index is 1.51. The summed E-state index contributed by atoms with van der Waals surface area (Å²) in [6.45, 7) is 2.04. The van der Waals surface area contributed by atoms with Crippen LogP contribution in [0.25, 0.3) is 0 Å². The molecule has 2 aromatic carbocycles. The molecule has 0 radical (unpaired) electrons. The zero-order valence-corrected chi connectivity index (χ0v) is 14.5. The molecule has 0 amide bonds. The number of fused-ring (bicyclic) bond motifs is 8. The maximum atomic E-state index is 6.40. The summed E-state index contributed by atoms with van der Waals surface area (Å²) in [6, 6.07) is 8.54. The molecular formula is C20H19NO5. The van der Waals surface area contributed by atoms with E-state index in [4.69, 9.17) is 23.7 Å². The van der Waals surface area contributed by atoms with Gasteiger partial charge in [0.25, 0.3) is 0 Å². The second-order valence-electron chi connectivity index (χ2n) is 7.18. The van der Waals surface area contributed by atoms with Gasteiger partial charge in [0.05, 0.1) is 12.6 Å². The Labute approximate surface area is 151 Å². The lowest BCUT2D eigenvalue weighted by atomic mass is 9.87. The topological polar surface area (TPSA) is 49.4 Å². The SMILES string of the molecule is CN1CCc2cc3c(cc2[C@H]2OCc4c(ccc5c4OCO5)[C@H]21)OCO3. The molecule has 0 N–H and O–H groups in total. The molecule has 0 saturated carbocycles. The van der Waals surface area contributed by atoms with Crippen LogP contribution >= 0.6 is 0 Å². The molecule has 0 saturated heterocycles. The van der Waals surface area contributed by atoms with Gasteiger partial charge in [-0.2, -0.15) is 0 Å². The van der Waals surface area contributed by atoms with E-state index in [1.165, 1.54) is 16.7 Å². The van der Waals surface area contributed by atoms with E-state index < -0.39 is 0 Å². The first-order chi connectivity index (χ1) is 12.8. The molecule has 2 aromatic rings. The second kappa shape index (κ2) is 5.28. The van der Waals surface area contributed by atoms with Crippen LogP contribution in [0.3, 0.4) is 0 Å². The minimum Gasteiger partial charge on any atom is -0.454 e. The largest absolute Gasteiger partial charge is 0.454 e. The van der Waals surface area contributed by atoms with Crippen molar-refractivity contribution in [2.75, 3.05) is 27.2 Å². The molecule has 0 aliphatic carbocycles. The van der Waals surface area contributed by atoms with Crippen LogP contribution in [0, 0.1) is 0 Å². The standard InChI is InChI=1S/C20H19NO5/c1-21-5-4-11-6-16-17(25-9-24-16)7-13(11)20-18(21)12-2-3-15-19(26-10-23-15)14(12)8-22-20/h2-3,6-7,18,20H,4-5,8-10H2,1H3/t18-,20-/m1/s1. The molecule has 4 heterocycles. The molecule has 134 valence electrons. The van der Waals surface area contributed by atoms with Gasteiger partial charge in [0.2, 0.25) is 13.6 Å². The Hall–Kier alpha value is -2.44. The molecule has 6 rings (SSSR count). The van der Waals surface area contributed by atoms with Crippen molar-refractivity contribution in [3.8, 4) is 23.0 Å². The molecule has 6 nitrogen and oxygen atoms in total. The van der Waals surface area contributed by atoms with E-state index in [9.17, 15) is 0 Å². The highest BCUT2D eigenvalue weighted by Crippen LogP contribution is 2.51. The van der Waals surface area contributed by atoms with Gasteiger partial charge in [0, 0.05) is 12.1 Å². The fraction of sp³-hybridized carbons (Fsp3) is 0.400. The Morgan fingerprint density at radius 3 is 2.65 bits per heavy atom. The average molecular weight is 353 g/mol. The van der Waals surface area contributed by atoms with Gasteiger partial charge in [-0.15, -0.1) is 0 Å². The van der Waals surface area contributed by atoms with Gasteiger partial charge in [0.1, 0.15) is 6.10 Å². The number of hydrogen-bond donors (Lipinski definition) is 0. The predicted octanol–water partition coefficient (Wildman–Crippen LogP) is 2.94. The number of benzene rings is 2. The van der Waals surface area contributed by atoms with E-state index in [2.05, 4.69) is 30.1 Å². The van der Waals surface area contributed by atoms with Gasteiger partial charge in [-0.05, 0) is 48.4 Å². The van der Waals surface area contributed by atoms with E-state index >= 15 is 0 Å². The predicted molar refractivity (Wildman–Crippen MR) is 91.7 cm³/mol. The molecule has 0 bridgehead atoms. The summed E-state index contributed by atoms with van der Waals surface area (Å²) in [5.74, 6) is 3.30. The Kier molecular flexibility index (Phi) is 2.99. The minimum absolute atomic E-state index is 0.0418. The summed E-state index contributed by atoms with van der Waals surface area (Å²) in [7, 11) is 2.16. The summed E-state index contributed by atoms with van der Waals surface area (Å²) in [4.78, 5) is 2.37. The van der Waals surface area contributed by atoms with Gasteiger partial charge >= 0.3 is 0 Å². The third kappa shape index (κ3) is 1.94. The zero-order valence-electron chi connectivity index (χ0n) is 14.5. The van der Waals surface area contributed by atoms with E-state index in [1.54, 1.807) is 0 Å². The molecule has 0 fully saturated rings. The van der Waals surface area contributed by atoms with Gasteiger partial charge in [-0.25, -0.2) is 0 Å². The first kappa shape index (κ1) is 14.7. The molecule has 6 heteroatoms. The van der Waals surface area contributed by atoms with Crippen LogP contribution in [-0.4, -0.2) is 32.1 Å². The normalized spacial score (nSPS) is 25.3. The number of hydrogen-bond acceptors (Lipinski definition) is 6. The summed E-state index contributed by atoms with van der Waals surface area (Å²) in [5.41, 5.74) is 4.85. The Morgan fingerprint density at radius 2 is 1.73 bits per heavy atom. The highest BCUT2D eigenvalue weighted by Gasteiger charge is 2.40. The van der Waals surface area contributed by atoms with Crippen molar-refractivity contribution >= 4 is 0 Å². The van der Waals surface area contributed by atoms with Gasteiger partial charge < -0.3 is 23.7 Å². The molecule has 0 unspecified atom stereocenters. The van der Waals surface area contributed by atoms with E-state index in [0.717, 1.165) is 41.5 Å². The lowest BCUT2D eigenvalue weighted by Gasteiger charge is -2.38. The first-order valence-electron chi connectivity index (χ1n) is 8.95. The summed E-state index contributed by atoms with van der Waals surface area (Å²) in [6.07, 6.45) is 0.915. The molecule has 0 spiro atoms. The second-order valence-corrected chi connectivity index (χ2v) is 7.18. The highest BCUT2D eigenvalue weighted by molar-refractivity contribution is 5.56. The van der Waals surface area contributed by atoms with Crippen molar-refractivity contribution in [1.82, 2.24) is 4.90 Å². The van der Waals surface area contributed by atoms with Crippen molar-refractivity contribution < 1.29 is 23.7 Å². The monoisotopic (exact) mass is 353 g/mol. The Bertz CT molecular complexity index is 912. The quantitative estimate of drug-likeness (QED) is 0.726. The van der Waals surface area contributed by atoms with Crippen LogP contribution < -0.4 is 18.9 Å². The molecule has 4 aliphatic rings. The fourth-order valence-electron chi connectivity index (χ4n) is 4.54.